The largest absolute Gasteiger partial charge is 0.756 e. The van der Waals surface area contributed by atoms with E-state index in [1.165, 1.54) is 295 Å². The fourth-order valence-electron chi connectivity index (χ4n) is 10.5. The molecule has 0 spiro atoms. The molecule has 2 N–H and O–H groups in total. The van der Waals surface area contributed by atoms with Gasteiger partial charge in [-0.2, -0.15) is 0 Å². The minimum atomic E-state index is -4.60. The normalized spacial score (nSPS) is 13.7. The smallest absolute Gasteiger partial charge is 0.268 e. The lowest BCUT2D eigenvalue weighted by Crippen LogP contribution is -2.45. The van der Waals surface area contributed by atoms with E-state index in [1.807, 2.05) is 27.2 Å². The topological polar surface area (TPSA) is 108 Å². The standard InChI is InChI=1S/C66H133N2O6P/c1-6-8-10-12-14-16-18-20-22-24-26-28-30-32-34-36-38-40-42-44-46-48-50-52-54-56-58-60-66(70)67-64(63-74-75(71,72)73-62-61-68(3,4)5)65(69)59-57-55-53-51-49-47-45-43-41-39-37-35-33-31-29-27-25-23-21-19-17-15-13-11-9-7-2/h57,59,64-65,69H,6-56,58,60-63H2,1-5H3,(H-,67,70,71,72)/b59-57+. The van der Waals surface area contributed by atoms with Gasteiger partial charge in [-0.3, -0.25) is 9.36 Å². The van der Waals surface area contributed by atoms with Crippen molar-refractivity contribution in [3.63, 3.8) is 0 Å². The maximum absolute atomic E-state index is 13.0. The van der Waals surface area contributed by atoms with Crippen LogP contribution in [0.1, 0.15) is 354 Å². The molecular weight excluding hydrogens is 948 g/mol. The molecule has 0 saturated carbocycles. The van der Waals surface area contributed by atoms with Crippen LogP contribution < -0.4 is 10.2 Å². The summed E-state index contributed by atoms with van der Waals surface area (Å²) in [7, 11) is 1.28. The number of unbranched alkanes of at least 4 members (excludes halogenated alkanes) is 50. The van der Waals surface area contributed by atoms with Gasteiger partial charge in [0.1, 0.15) is 13.2 Å². The van der Waals surface area contributed by atoms with E-state index < -0.39 is 20.0 Å². The zero-order valence-corrected chi connectivity index (χ0v) is 52.2. The summed E-state index contributed by atoms with van der Waals surface area (Å²) in [5, 5.41) is 14.0. The number of quaternary nitrogens is 1. The summed E-state index contributed by atoms with van der Waals surface area (Å²) in [6.07, 6.45) is 73.2. The zero-order valence-electron chi connectivity index (χ0n) is 51.3. The Kier molecular flexibility index (Phi) is 57.3. The minimum Gasteiger partial charge on any atom is -0.756 e. The Morgan fingerprint density at radius 2 is 0.720 bits per heavy atom. The second-order valence-electron chi connectivity index (χ2n) is 24.5. The number of phosphoric ester groups is 1. The molecule has 9 heteroatoms. The highest BCUT2D eigenvalue weighted by Crippen LogP contribution is 2.38. The van der Waals surface area contributed by atoms with E-state index in [0.717, 1.165) is 38.5 Å². The Labute approximate surface area is 469 Å². The highest BCUT2D eigenvalue weighted by molar-refractivity contribution is 7.45. The Bertz CT molecular complexity index is 1230. The van der Waals surface area contributed by atoms with Crippen molar-refractivity contribution >= 4 is 13.7 Å². The van der Waals surface area contributed by atoms with E-state index in [4.69, 9.17) is 9.05 Å². The molecule has 1 amide bonds. The van der Waals surface area contributed by atoms with Gasteiger partial charge >= 0.3 is 0 Å². The molecule has 0 aliphatic heterocycles. The first kappa shape index (κ1) is 74.2. The van der Waals surface area contributed by atoms with Gasteiger partial charge in [0.05, 0.1) is 39.9 Å². The third-order valence-corrected chi connectivity index (χ3v) is 16.7. The Morgan fingerprint density at radius 3 is 1.00 bits per heavy atom. The van der Waals surface area contributed by atoms with Crippen molar-refractivity contribution in [1.29, 1.82) is 0 Å². The number of hydrogen-bond acceptors (Lipinski definition) is 6. The van der Waals surface area contributed by atoms with Crippen molar-refractivity contribution < 1.29 is 32.9 Å². The van der Waals surface area contributed by atoms with Crippen molar-refractivity contribution in [1.82, 2.24) is 5.32 Å². The predicted molar refractivity (Wildman–Crippen MR) is 326 cm³/mol. The molecular formula is C66H133N2O6P. The van der Waals surface area contributed by atoms with Crippen LogP contribution in [-0.2, 0) is 18.4 Å². The molecule has 0 rings (SSSR count). The van der Waals surface area contributed by atoms with Crippen LogP contribution in [0.25, 0.3) is 0 Å². The SMILES string of the molecule is CCCCCCCCCCCCCCCCCCCCCCCCCC/C=C/C(O)C(COP(=O)([O-])OCC[N+](C)(C)C)NC(=O)CCCCCCCCCCCCCCCCCCCCCCCCCCCCC. The van der Waals surface area contributed by atoms with Gasteiger partial charge in [0.2, 0.25) is 5.91 Å². The number of aliphatic hydroxyl groups is 1. The van der Waals surface area contributed by atoms with Crippen LogP contribution in [0, 0.1) is 0 Å². The first-order valence-electron chi connectivity index (χ1n) is 33.6. The van der Waals surface area contributed by atoms with Gasteiger partial charge < -0.3 is 28.8 Å². The van der Waals surface area contributed by atoms with Gasteiger partial charge in [-0.1, -0.05) is 341 Å². The number of allylic oxidation sites excluding steroid dienone is 1. The highest BCUT2D eigenvalue weighted by Gasteiger charge is 2.23. The van der Waals surface area contributed by atoms with Crippen LogP contribution >= 0.6 is 7.82 Å². The van der Waals surface area contributed by atoms with Crippen LogP contribution in [0.3, 0.4) is 0 Å². The molecule has 0 aromatic heterocycles. The number of nitrogens with zero attached hydrogens (tertiary/aromatic N) is 1. The molecule has 3 atom stereocenters. The van der Waals surface area contributed by atoms with Crippen molar-refractivity contribution in [3.05, 3.63) is 12.2 Å². The van der Waals surface area contributed by atoms with Crippen LogP contribution in [0.4, 0.5) is 0 Å². The van der Waals surface area contributed by atoms with Gasteiger partial charge in [-0.25, -0.2) is 0 Å². The lowest BCUT2D eigenvalue weighted by atomic mass is 10.0. The number of rotatable bonds is 63. The molecule has 0 aromatic rings. The number of carbonyl (C=O) groups excluding carboxylic acids is 1. The second-order valence-corrected chi connectivity index (χ2v) is 26.0. The van der Waals surface area contributed by atoms with Gasteiger partial charge in [-0.15, -0.1) is 0 Å². The molecule has 0 aromatic carbocycles. The first-order chi connectivity index (χ1) is 36.5. The molecule has 0 radical (unpaired) electrons. The van der Waals surface area contributed by atoms with E-state index in [-0.39, 0.29) is 19.1 Å². The molecule has 0 heterocycles. The molecule has 75 heavy (non-hydrogen) atoms. The predicted octanol–water partition coefficient (Wildman–Crippen LogP) is 20.3. The second kappa shape index (κ2) is 57.9. The van der Waals surface area contributed by atoms with Crippen molar-refractivity contribution in [2.45, 2.75) is 366 Å². The van der Waals surface area contributed by atoms with Crippen LogP contribution in [-0.4, -0.2) is 68.5 Å². The summed E-state index contributed by atoms with van der Waals surface area (Å²) >= 11 is 0. The van der Waals surface area contributed by atoms with Crippen molar-refractivity contribution in [3.8, 4) is 0 Å². The number of nitrogens with one attached hydrogen (secondary N) is 1. The summed E-state index contributed by atoms with van der Waals surface area (Å²) in [5.74, 6) is -0.188. The van der Waals surface area contributed by atoms with Crippen molar-refractivity contribution in [2.24, 2.45) is 0 Å². The number of carbonyl (C=O) groups is 1. The monoisotopic (exact) mass is 1080 g/mol. The third kappa shape index (κ3) is 60.7. The quantitative estimate of drug-likeness (QED) is 0.0272. The van der Waals surface area contributed by atoms with Crippen LogP contribution in [0.15, 0.2) is 12.2 Å². The summed E-state index contributed by atoms with van der Waals surface area (Å²) in [6.45, 7) is 4.72. The maximum atomic E-state index is 13.0. The fourth-order valence-corrected chi connectivity index (χ4v) is 11.2. The molecule has 0 saturated heterocycles. The lowest BCUT2D eigenvalue weighted by molar-refractivity contribution is -0.870. The Hall–Kier alpha value is -0.760. The lowest BCUT2D eigenvalue weighted by Gasteiger charge is -2.29. The molecule has 0 fully saturated rings. The van der Waals surface area contributed by atoms with E-state index in [1.54, 1.807) is 6.08 Å². The molecule has 3 unspecified atom stereocenters. The average Bonchev–Trinajstić information content (AvgIpc) is 3.37. The zero-order chi connectivity index (χ0) is 54.9. The molecule has 0 aliphatic carbocycles. The molecule has 0 aliphatic rings. The van der Waals surface area contributed by atoms with Crippen LogP contribution in [0.2, 0.25) is 0 Å². The third-order valence-electron chi connectivity index (χ3n) is 15.7. The summed E-state index contributed by atoms with van der Waals surface area (Å²) < 4.78 is 23.4. The van der Waals surface area contributed by atoms with Crippen LogP contribution in [0.5, 0.6) is 0 Å². The number of aliphatic hydroxyl groups excluding tert-OH is 1. The van der Waals surface area contributed by atoms with E-state index >= 15 is 0 Å². The molecule has 0 bridgehead atoms. The summed E-state index contributed by atoms with van der Waals surface area (Å²) in [6, 6.07) is -0.883. The van der Waals surface area contributed by atoms with E-state index in [0.29, 0.717) is 17.4 Å². The van der Waals surface area contributed by atoms with Gasteiger partial charge in [0, 0.05) is 6.42 Å². The fraction of sp³-hybridized carbons (Fsp3) is 0.955. The number of phosphoric acid groups is 1. The molecule has 8 nitrogen and oxygen atoms in total. The van der Waals surface area contributed by atoms with Gasteiger partial charge in [-0.05, 0) is 19.3 Å². The van der Waals surface area contributed by atoms with Gasteiger partial charge in [0.15, 0.2) is 0 Å². The Balaban J connectivity index is 4.07. The minimum absolute atomic E-state index is 0.00296. The van der Waals surface area contributed by atoms with E-state index in [9.17, 15) is 19.4 Å². The van der Waals surface area contributed by atoms with Crippen molar-refractivity contribution in [2.75, 3.05) is 40.9 Å². The van der Waals surface area contributed by atoms with E-state index in [2.05, 4.69) is 19.2 Å². The maximum Gasteiger partial charge on any atom is 0.268 e. The summed E-state index contributed by atoms with van der Waals surface area (Å²) in [4.78, 5) is 25.6. The number of hydrogen-bond donors (Lipinski definition) is 2. The average molecular weight is 1080 g/mol. The first-order valence-corrected chi connectivity index (χ1v) is 35.0. The number of likely N-dealkylation sites (N-methyl/N-ethyl adjacent to an activating group) is 1. The summed E-state index contributed by atoms with van der Waals surface area (Å²) in [5.41, 5.74) is 0. The highest BCUT2D eigenvalue weighted by atomic mass is 31.2. The number of amides is 1. The molecule has 448 valence electrons. The Morgan fingerprint density at radius 1 is 0.453 bits per heavy atom. The van der Waals surface area contributed by atoms with Gasteiger partial charge in [0.25, 0.3) is 7.82 Å².